The van der Waals surface area contributed by atoms with Crippen LogP contribution in [0.3, 0.4) is 0 Å². The Hall–Kier alpha value is -2.70. The maximum Gasteiger partial charge on any atom is 0.258 e. The molecule has 0 atom stereocenters. The van der Waals surface area contributed by atoms with Gasteiger partial charge >= 0.3 is 0 Å². The summed E-state index contributed by atoms with van der Waals surface area (Å²) >= 11 is 0. The molecule has 122 valence electrons. The Labute approximate surface area is 134 Å². The molecule has 3 rings (SSSR count). The van der Waals surface area contributed by atoms with Crippen molar-refractivity contribution in [2.24, 2.45) is 0 Å². The third kappa shape index (κ3) is 3.23. The molecule has 2 aromatic rings. The average molecular weight is 316 g/mol. The monoisotopic (exact) mass is 316 g/mol. The van der Waals surface area contributed by atoms with Crippen molar-refractivity contribution in [2.75, 3.05) is 32.6 Å². The molecule has 0 saturated carbocycles. The number of carbonyl (C=O) groups is 1. The van der Waals surface area contributed by atoms with Crippen LogP contribution < -0.4 is 14.8 Å². The van der Waals surface area contributed by atoms with Crippen molar-refractivity contribution in [2.45, 2.75) is 13.0 Å². The first-order chi connectivity index (χ1) is 11.2. The van der Waals surface area contributed by atoms with E-state index in [-0.39, 0.29) is 5.91 Å². The molecule has 1 aromatic heterocycles. The molecule has 23 heavy (non-hydrogen) atoms. The lowest BCUT2D eigenvalue weighted by Crippen LogP contribution is -2.22. The molecule has 2 heterocycles. The Morgan fingerprint density at radius 1 is 1.35 bits per heavy atom. The number of nitrogens with zero attached hydrogens (tertiary/aromatic N) is 2. The van der Waals surface area contributed by atoms with Gasteiger partial charge in [0.15, 0.2) is 11.5 Å². The van der Waals surface area contributed by atoms with Gasteiger partial charge in [-0.3, -0.25) is 9.89 Å². The summed E-state index contributed by atoms with van der Waals surface area (Å²) in [6, 6.07) is 5.81. The van der Waals surface area contributed by atoms with Crippen molar-refractivity contribution in [3.05, 3.63) is 35.5 Å². The van der Waals surface area contributed by atoms with Crippen molar-refractivity contribution in [3.63, 3.8) is 0 Å². The molecule has 0 unspecified atom stereocenters. The molecular formula is C16H20N4O3. The maximum atomic E-state index is 12.1. The number of amides is 1. The highest BCUT2D eigenvalue weighted by Gasteiger charge is 2.17. The number of aromatic amines is 1. The van der Waals surface area contributed by atoms with E-state index < -0.39 is 0 Å². The van der Waals surface area contributed by atoms with Crippen molar-refractivity contribution in [3.8, 4) is 11.5 Å². The van der Waals surface area contributed by atoms with Gasteiger partial charge in [-0.15, -0.1) is 0 Å². The van der Waals surface area contributed by atoms with Crippen LogP contribution in [0.15, 0.2) is 24.4 Å². The molecule has 1 amide bonds. The highest BCUT2D eigenvalue weighted by Crippen LogP contribution is 2.33. The second-order valence-electron chi connectivity index (χ2n) is 5.51. The topological polar surface area (TPSA) is 79.5 Å². The number of ether oxygens (including phenoxy) is 2. The minimum absolute atomic E-state index is 0.104. The minimum Gasteiger partial charge on any atom is -0.490 e. The molecule has 1 aromatic carbocycles. The molecule has 0 bridgehead atoms. The van der Waals surface area contributed by atoms with Gasteiger partial charge in [0.2, 0.25) is 0 Å². The highest BCUT2D eigenvalue weighted by atomic mass is 16.5. The van der Waals surface area contributed by atoms with E-state index in [1.807, 2.05) is 18.2 Å². The number of H-pyrrole nitrogens is 1. The van der Waals surface area contributed by atoms with Crippen LogP contribution in [-0.4, -0.2) is 48.3 Å². The van der Waals surface area contributed by atoms with Crippen LogP contribution in [0.2, 0.25) is 0 Å². The van der Waals surface area contributed by atoms with Gasteiger partial charge in [0.05, 0.1) is 19.4 Å². The lowest BCUT2D eigenvalue weighted by atomic mass is 10.1. The van der Waals surface area contributed by atoms with Crippen LogP contribution in [0.4, 0.5) is 5.82 Å². The molecule has 2 N–H and O–H groups in total. The summed E-state index contributed by atoms with van der Waals surface area (Å²) in [6.45, 7) is 1.80. The normalized spacial score (nSPS) is 13.3. The molecule has 1 aliphatic rings. The smallest absolute Gasteiger partial charge is 0.258 e. The molecule has 0 aliphatic carbocycles. The summed E-state index contributed by atoms with van der Waals surface area (Å²) in [5, 5.41) is 9.99. The van der Waals surface area contributed by atoms with Crippen molar-refractivity contribution < 1.29 is 14.3 Å². The van der Waals surface area contributed by atoms with Crippen LogP contribution in [0.1, 0.15) is 22.3 Å². The summed E-state index contributed by atoms with van der Waals surface area (Å²) in [5.74, 6) is 2.01. The zero-order valence-electron chi connectivity index (χ0n) is 13.3. The molecule has 0 saturated heterocycles. The number of benzene rings is 1. The van der Waals surface area contributed by atoms with Crippen LogP contribution in [-0.2, 0) is 6.54 Å². The Bertz CT molecular complexity index is 696. The van der Waals surface area contributed by atoms with Crippen LogP contribution in [0.25, 0.3) is 0 Å². The second-order valence-corrected chi connectivity index (χ2v) is 5.51. The first-order valence-corrected chi connectivity index (χ1v) is 7.53. The standard InChI is InChI=1S/C16H20N4O3/c1-20(2)16(21)12-10-18-19-15(12)17-9-11-5-3-6-13-14(11)23-8-4-7-22-13/h3,5-6,10H,4,7-9H2,1-2H3,(H2,17,18,19). The molecule has 0 radical (unpaired) electrons. The number of nitrogens with one attached hydrogen (secondary N) is 2. The SMILES string of the molecule is CN(C)C(=O)c1cn[nH]c1NCc1cccc2c1OCCCO2. The summed E-state index contributed by atoms with van der Waals surface area (Å²) in [6.07, 6.45) is 2.39. The second kappa shape index (κ2) is 6.60. The highest BCUT2D eigenvalue weighted by molar-refractivity contribution is 5.98. The third-order valence-electron chi connectivity index (χ3n) is 3.58. The van der Waals surface area contributed by atoms with E-state index in [9.17, 15) is 4.79 Å². The van der Waals surface area contributed by atoms with Gasteiger partial charge in [-0.05, 0) is 6.07 Å². The molecule has 1 aliphatic heterocycles. The lowest BCUT2D eigenvalue weighted by molar-refractivity contribution is 0.0828. The average Bonchev–Trinajstić information content (AvgIpc) is 2.87. The fourth-order valence-electron chi connectivity index (χ4n) is 2.40. The minimum atomic E-state index is -0.104. The van der Waals surface area contributed by atoms with E-state index in [1.54, 1.807) is 14.1 Å². The number of hydrogen-bond acceptors (Lipinski definition) is 5. The predicted octanol–water partition coefficient (Wildman–Crippen LogP) is 1.88. The number of rotatable bonds is 4. The summed E-state index contributed by atoms with van der Waals surface area (Å²) in [5.41, 5.74) is 1.48. The number of fused-ring (bicyclic) bond motifs is 1. The Morgan fingerprint density at radius 3 is 3.00 bits per heavy atom. The van der Waals surface area contributed by atoms with E-state index in [2.05, 4.69) is 15.5 Å². The fraction of sp³-hybridized carbons (Fsp3) is 0.375. The van der Waals surface area contributed by atoms with Gasteiger partial charge in [0.1, 0.15) is 11.4 Å². The van der Waals surface area contributed by atoms with Crippen LogP contribution in [0.5, 0.6) is 11.5 Å². The van der Waals surface area contributed by atoms with E-state index in [0.717, 1.165) is 23.5 Å². The zero-order chi connectivity index (χ0) is 16.2. The van der Waals surface area contributed by atoms with Gasteiger partial charge in [0, 0.05) is 32.6 Å². The summed E-state index contributed by atoms with van der Waals surface area (Å²) in [7, 11) is 3.42. The number of para-hydroxylation sites is 1. The number of aromatic nitrogens is 2. The summed E-state index contributed by atoms with van der Waals surface area (Å²) in [4.78, 5) is 13.6. The van der Waals surface area contributed by atoms with E-state index in [0.29, 0.717) is 31.1 Å². The van der Waals surface area contributed by atoms with Crippen molar-refractivity contribution in [1.82, 2.24) is 15.1 Å². The van der Waals surface area contributed by atoms with E-state index in [1.165, 1.54) is 11.1 Å². The van der Waals surface area contributed by atoms with E-state index >= 15 is 0 Å². The molecule has 0 fully saturated rings. The van der Waals surface area contributed by atoms with Crippen LogP contribution in [0, 0.1) is 0 Å². The van der Waals surface area contributed by atoms with Gasteiger partial charge in [-0.1, -0.05) is 12.1 Å². The first-order valence-electron chi connectivity index (χ1n) is 7.53. The zero-order valence-corrected chi connectivity index (χ0v) is 13.3. The predicted molar refractivity (Wildman–Crippen MR) is 86.0 cm³/mol. The van der Waals surface area contributed by atoms with Gasteiger partial charge < -0.3 is 19.7 Å². The van der Waals surface area contributed by atoms with Crippen LogP contribution >= 0.6 is 0 Å². The Morgan fingerprint density at radius 2 is 2.17 bits per heavy atom. The molecule has 7 nitrogen and oxygen atoms in total. The van der Waals surface area contributed by atoms with Crippen molar-refractivity contribution >= 4 is 11.7 Å². The number of anilines is 1. The van der Waals surface area contributed by atoms with E-state index in [4.69, 9.17) is 9.47 Å². The Kier molecular flexibility index (Phi) is 4.36. The fourth-order valence-corrected chi connectivity index (χ4v) is 2.40. The molecule has 0 spiro atoms. The van der Waals surface area contributed by atoms with Crippen molar-refractivity contribution in [1.29, 1.82) is 0 Å². The largest absolute Gasteiger partial charge is 0.490 e. The van der Waals surface area contributed by atoms with Gasteiger partial charge in [-0.25, -0.2) is 0 Å². The maximum absolute atomic E-state index is 12.1. The Balaban J connectivity index is 1.77. The number of hydrogen-bond donors (Lipinski definition) is 2. The molecule has 7 heteroatoms. The first kappa shape index (κ1) is 15.2. The number of carbonyl (C=O) groups excluding carboxylic acids is 1. The quantitative estimate of drug-likeness (QED) is 0.900. The third-order valence-corrected chi connectivity index (χ3v) is 3.58. The van der Waals surface area contributed by atoms with Gasteiger partial charge in [0.25, 0.3) is 5.91 Å². The summed E-state index contributed by atoms with van der Waals surface area (Å²) < 4.78 is 11.5. The van der Waals surface area contributed by atoms with Gasteiger partial charge in [-0.2, -0.15) is 5.10 Å². The lowest BCUT2D eigenvalue weighted by Gasteiger charge is -2.14. The molecular weight excluding hydrogens is 296 g/mol.